The summed E-state index contributed by atoms with van der Waals surface area (Å²) in [5.41, 5.74) is 2.26. The summed E-state index contributed by atoms with van der Waals surface area (Å²) in [6.07, 6.45) is 1.73. The Morgan fingerprint density at radius 3 is 2.21 bits per heavy atom. The summed E-state index contributed by atoms with van der Waals surface area (Å²) in [4.78, 5) is 29.5. The highest BCUT2D eigenvalue weighted by Crippen LogP contribution is 2.14. The van der Waals surface area contributed by atoms with Gasteiger partial charge in [-0.15, -0.1) is 0 Å². The molecule has 0 spiro atoms. The van der Waals surface area contributed by atoms with Gasteiger partial charge in [0, 0.05) is 5.69 Å². The lowest BCUT2D eigenvalue weighted by atomic mass is 10.1. The molecule has 0 aliphatic carbocycles. The van der Waals surface area contributed by atoms with Crippen molar-refractivity contribution in [3.8, 4) is 0 Å². The first-order chi connectivity index (χ1) is 16.0. The maximum Gasteiger partial charge on any atom is 0.326 e. The Morgan fingerprint density at radius 2 is 1.58 bits per heavy atom. The van der Waals surface area contributed by atoms with Crippen LogP contribution in [0.1, 0.15) is 41.3 Å². The van der Waals surface area contributed by atoms with Crippen molar-refractivity contribution in [2.45, 2.75) is 26.4 Å². The zero-order valence-electron chi connectivity index (χ0n) is 18.0. The number of amides is 3. The molecule has 0 bridgehead atoms. The molecule has 0 fully saturated rings. The number of benzene rings is 3. The predicted molar refractivity (Wildman–Crippen MR) is 122 cm³/mol. The fraction of sp³-hybridized carbons (Fsp3) is 0.160. The van der Waals surface area contributed by atoms with Gasteiger partial charge in [-0.25, -0.2) is 13.6 Å². The monoisotopic (exact) mass is 451 g/mol. The van der Waals surface area contributed by atoms with Crippen LogP contribution in [-0.4, -0.2) is 17.6 Å². The molecule has 2 N–H and O–H groups in total. The molecule has 0 heterocycles. The molecule has 0 saturated carbocycles. The van der Waals surface area contributed by atoms with E-state index in [-0.39, 0.29) is 6.61 Å². The maximum atomic E-state index is 13.7. The Balaban J connectivity index is 1.54. The zero-order chi connectivity index (χ0) is 23.6. The number of nitrogens with one attached hydrogen (secondary N) is 2. The van der Waals surface area contributed by atoms with E-state index in [0.717, 1.165) is 47.9 Å². The summed E-state index contributed by atoms with van der Waals surface area (Å²) in [5.74, 6) is -3.28. The predicted octanol–water partition coefficient (Wildman–Crippen LogP) is 5.65. The lowest BCUT2D eigenvalue weighted by molar-refractivity contribution is 0.0959. The van der Waals surface area contributed by atoms with E-state index in [1.165, 1.54) is 0 Å². The number of anilines is 1. The minimum absolute atomic E-state index is 0.234. The van der Waals surface area contributed by atoms with Crippen LogP contribution < -0.4 is 10.6 Å². The van der Waals surface area contributed by atoms with Crippen molar-refractivity contribution in [3.05, 3.63) is 101 Å². The summed E-state index contributed by atoms with van der Waals surface area (Å²) < 4.78 is 27.3. The van der Waals surface area contributed by atoms with Crippen molar-refractivity contribution >= 4 is 23.3 Å². The Kier molecular flexibility index (Phi) is 8.24. The number of carbonyl (C=O) groups excluding carboxylic acids is 2. The van der Waals surface area contributed by atoms with E-state index in [1.807, 2.05) is 35.6 Å². The Hall–Kier alpha value is -4.07. The minimum Gasteiger partial charge on any atom is -0.391 e. The first kappa shape index (κ1) is 23.6. The highest BCUT2D eigenvalue weighted by Gasteiger charge is 2.19. The van der Waals surface area contributed by atoms with Gasteiger partial charge >= 0.3 is 6.03 Å². The van der Waals surface area contributed by atoms with Crippen LogP contribution in [0.15, 0.2) is 78.0 Å². The van der Waals surface area contributed by atoms with Crippen LogP contribution >= 0.6 is 0 Å². The van der Waals surface area contributed by atoms with E-state index in [2.05, 4.69) is 17.4 Å². The van der Waals surface area contributed by atoms with E-state index in [1.54, 1.807) is 24.3 Å². The molecule has 0 unspecified atom stereocenters. The standard InChI is InChI=1S/C25H23F2N3O3/c1-2-7-22(18-8-4-3-5-9-18)30-33-16-17-12-14-19(15-13-17)28-25(32)29-24(31)23-20(26)10-6-11-21(23)27/h3-6,8-15H,2,7,16H2,1H3,(H2,28,29,31,32)/b30-22+. The van der Waals surface area contributed by atoms with Crippen molar-refractivity contribution in [1.82, 2.24) is 5.32 Å². The van der Waals surface area contributed by atoms with E-state index in [4.69, 9.17) is 4.84 Å². The fourth-order valence-corrected chi connectivity index (χ4v) is 3.02. The molecule has 8 heteroatoms. The second-order valence-electron chi connectivity index (χ2n) is 7.13. The molecule has 3 rings (SSSR count). The topological polar surface area (TPSA) is 79.8 Å². The largest absolute Gasteiger partial charge is 0.391 e. The van der Waals surface area contributed by atoms with Gasteiger partial charge < -0.3 is 10.2 Å². The third-order valence-corrected chi connectivity index (χ3v) is 4.63. The van der Waals surface area contributed by atoms with Gasteiger partial charge in [0.2, 0.25) is 0 Å². The van der Waals surface area contributed by atoms with Crippen molar-refractivity contribution in [1.29, 1.82) is 0 Å². The maximum absolute atomic E-state index is 13.7. The average molecular weight is 451 g/mol. The highest BCUT2D eigenvalue weighted by molar-refractivity contribution is 6.08. The summed E-state index contributed by atoms with van der Waals surface area (Å²) in [7, 11) is 0. The van der Waals surface area contributed by atoms with Gasteiger partial charge in [-0.3, -0.25) is 10.1 Å². The van der Waals surface area contributed by atoms with Crippen LogP contribution in [0.3, 0.4) is 0 Å². The third kappa shape index (κ3) is 6.70. The number of urea groups is 1. The molecule has 0 saturated heterocycles. The SMILES string of the molecule is CCC/C(=N\OCc1ccc(NC(=O)NC(=O)c2c(F)cccc2F)cc1)c1ccccc1. The van der Waals surface area contributed by atoms with Crippen LogP contribution in [0.2, 0.25) is 0 Å². The lowest BCUT2D eigenvalue weighted by Gasteiger charge is -2.09. The van der Waals surface area contributed by atoms with Crippen molar-refractivity contribution in [2.75, 3.05) is 5.32 Å². The summed E-state index contributed by atoms with van der Waals surface area (Å²) in [6.45, 7) is 2.30. The Bertz CT molecular complexity index is 1110. The third-order valence-electron chi connectivity index (χ3n) is 4.63. The van der Waals surface area contributed by atoms with Crippen molar-refractivity contribution in [2.24, 2.45) is 5.16 Å². The van der Waals surface area contributed by atoms with E-state index >= 15 is 0 Å². The lowest BCUT2D eigenvalue weighted by Crippen LogP contribution is -2.35. The van der Waals surface area contributed by atoms with Gasteiger partial charge in [0.1, 0.15) is 23.8 Å². The Labute approximate surface area is 190 Å². The minimum atomic E-state index is -1.17. The van der Waals surface area contributed by atoms with Crippen LogP contribution in [0, 0.1) is 11.6 Å². The molecule has 6 nitrogen and oxygen atoms in total. The normalized spacial score (nSPS) is 11.1. The number of hydrogen-bond acceptors (Lipinski definition) is 4. The quantitative estimate of drug-likeness (QED) is 0.343. The van der Waals surface area contributed by atoms with Crippen molar-refractivity contribution < 1.29 is 23.2 Å². The van der Waals surface area contributed by atoms with Crippen LogP contribution in [0.5, 0.6) is 0 Å². The second kappa shape index (κ2) is 11.5. The number of oxime groups is 1. The van der Waals surface area contributed by atoms with Crippen LogP contribution in [0.4, 0.5) is 19.3 Å². The van der Waals surface area contributed by atoms with Gasteiger partial charge in [0.25, 0.3) is 5.91 Å². The molecule has 0 aliphatic heterocycles. The molecule has 0 radical (unpaired) electrons. The second-order valence-corrected chi connectivity index (χ2v) is 7.13. The van der Waals surface area contributed by atoms with Crippen molar-refractivity contribution in [3.63, 3.8) is 0 Å². The molecule has 3 amide bonds. The molecule has 0 atom stereocenters. The molecule has 0 aromatic heterocycles. The first-order valence-electron chi connectivity index (χ1n) is 10.4. The number of imide groups is 1. The fourth-order valence-electron chi connectivity index (χ4n) is 3.02. The Morgan fingerprint density at radius 1 is 0.909 bits per heavy atom. The first-order valence-corrected chi connectivity index (χ1v) is 10.4. The average Bonchev–Trinajstić information content (AvgIpc) is 2.80. The number of halogens is 2. The number of nitrogens with zero attached hydrogens (tertiary/aromatic N) is 1. The van der Waals surface area contributed by atoms with E-state index in [9.17, 15) is 18.4 Å². The molecular weight excluding hydrogens is 428 g/mol. The molecule has 33 heavy (non-hydrogen) atoms. The number of hydrogen-bond donors (Lipinski definition) is 2. The zero-order valence-corrected chi connectivity index (χ0v) is 18.0. The summed E-state index contributed by atoms with van der Waals surface area (Å²) in [5, 5.41) is 8.60. The van der Waals surface area contributed by atoms with E-state index < -0.39 is 29.1 Å². The van der Waals surface area contributed by atoms with Gasteiger partial charge in [-0.2, -0.15) is 0 Å². The van der Waals surface area contributed by atoms with Crippen LogP contribution in [-0.2, 0) is 11.4 Å². The summed E-state index contributed by atoms with van der Waals surface area (Å²) in [6, 6.07) is 18.6. The molecule has 170 valence electrons. The van der Waals surface area contributed by atoms with Crippen LogP contribution in [0.25, 0.3) is 0 Å². The molecule has 0 aliphatic rings. The number of carbonyl (C=O) groups is 2. The van der Waals surface area contributed by atoms with Gasteiger partial charge in [0.05, 0.1) is 5.71 Å². The van der Waals surface area contributed by atoms with Gasteiger partial charge in [-0.1, -0.05) is 67.0 Å². The molecule has 3 aromatic rings. The van der Waals surface area contributed by atoms with Gasteiger partial charge in [0.15, 0.2) is 0 Å². The van der Waals surface area contributed by atoms with Gasteiger partial charge in [-0.05, 0) is 41.8 Å². The number of rotatable bonds is 8. The summed E-state index contributed by atoms with van der Waals surface area (Å²) >= 11 is 0. The van der Waals surface area contributed by atoms with E-state index in [0.29, 0.717) is 5.69 Å². The highest BCUT2D eigenvalue weighted by atomic mass is 19.1. The molecular formula is C25H23F2N3O3. The molecule has 3 aromatic carbocycles. The smallest absolute Gasteiger partial charge is 0.326 e.